The maximum Gasteiger partial charge on any atom is 0.223 e. The fourth-order valence-electron chi connectivity index (χ4n) is 4.21. The second kappa shape index (κ2) is 7.24. The van der Waals surface area contributed by atoms with Gasteiger partial charge in [0, 0.05) is 31.6 Å². The second-order valence-electron chi connectivity index (χ2n) is 7.53. The van der Waals surface area contributed by atoms with E-state index in [1.807, 2.05) is 0 Å². The summed E-state index contributed by atoms with van der Waals surface area (Å²) in [6.07, 6.45) is 6.87. The number of carbonyl (C=O) groups excluding carboxylic acids is 1. The van der Waals surface area contributed by atoms with Crippen LogP contribution in [0.4, 0.5) is 0 Å². The first kappa shape index (κ1) is 16.1. The number of hydrogen-bond acceptors (Lipinski definition) is 3. The summed E-state index contributed by atoms with van der Waals surface area (Å²) < 4.78 is 5.93. The number of amides is 1. The standard InChI is InChI=1S/C20H28N2O2/c23-20(15-6-3-7-15)21-9-8-19-14-22(10-11-24-19)18-12-16-4-1-2-5-17(16)13-18/h1-2,4-5,15,18-19H,3,6-14H2,(H,21,23)/t19-/m0/s1. The lowest BCUT2D eigenvalue weighted by molar-refractivity contribution is -0.127. The summed E-state index contributed by atoms with van der Waals surface area (Å²) >= 11 is 0. The number of ether oxygens (including phenoxy) is 1. The van der Waals surface area contributed by atoms with Gasteiger partial charge >= 0.3 is 0 Å². The molecule has 0 radical (unpaired) electrons. The van der Waals surface area contributed by atoms with E-state index in [-0.39, 0.29) is 17.9 Å². The second-order valence-corrected chi connectivity index (χ2v) is 7.53. The van der Waals surface area contributed by atoms with Crippen LogP contribution >= 0.6 is 0 Å². The molecule has 1 N–H and O–H groups in total. The van der Waals surface area contributed by atoms with Crippen molar-refractivity contribution in [2.75, 3.05) is 26.2 Å². The zero-order chi connectivity index (χ0) is 16.4. The van der Waals surface area contributed by atoms with E-state index in [4.69, 9.17) is 4.74 Å². The highest BCUT2D eigenvalue weighted by atomic mass is 16.5. The van der Waals surface area contributed by atoms with Gasteiger partial charge in [-0.2, -0.15) is 0 Å². The molecule has 1 heterocycles. The number of rotatable bonds is 5. The third kappa shape index (κ3) is 3.50. The molecule has 1 amide bonds. The lowest BCUT2D eigenvalue weighted by Gasteiger charge is -2.37. The SMILES string of the molecule is O=C(NCC[C@H]1CN(C2Cc3ccccc3C2)CCO1)C1CCC1. The Morgan fingerprint density at radius 1 is 1.21 bits per heavy atom. The number of fused-ring (bicyclic) bond motifs is 1. The Labute approximate surface area is 144 Å². The quantitative estimate of drug-likeness (QED) is 0.901. The van der Waals surface area contributed by atoms with Gasteiger partial charge in [0.1, 0.15) is 0 Å². The van der Waals surface area contributed by atoms with Gasteiger partial charge in [0.25, 0.3) is 0 Å². The van der Waals surface area contributed by atoms with Crippen LogP contribution in [0.2, 0.25) is 0 Å². The van der Waals surface area contributed by atoms with Crippen molar-refractivity contribution in [2.45, 2.75) is 50.7 Å². The van der Waals surface area contributed by atoms with Crippen molar-refractivity contribution in [1.29, 1.82) is 0 Å². The predicted octanol–water partition coefficient (Wildman–Crippen LogP) is 2.16. The molecule has 1 aromatic rings. The third-order valence-corrected chi connectivity index (χ3v) is 5.96. The molecule has 1 aromatic carbocycles. The molecule has 2 fully saturated rings. The van der Waals surface area contributed by atoms with Crippen LogP contribution in [-0.4, -0.2) is 49.2 Å². The number of benzene rings is 1. The summed E-state index contributed by atoms with van der Waals surface area (Å²) in [7, 11) is 0. The summed E-state index contributed by atoms with van der Waals surface area (Å²) in [5.41, 5.74) is 3.02. The van der Waals surface area contributed by atoms with Crippen molar-refractivity contribution < 1.29 is 9.53 Å². The molecule has 1 saturated carbocycles. The van der Waals surface area contributed by atoms with Gasteiger partial charge in [-0.25, -0.2) is 0 Å². The van der Waals surface area contributed by atoms with E-state index in [2.05, 4.69) is 34.5 Å². The van der Waals surface area contributed by atoms with Crippen molar-refractivity contribution >= 4 is 5.91 Å². The minimum Gasteiger partial charge on any atom is -0.375 e. The molecule has 130 valence electrons. The van der Waals surface area contributed by atoms with Crippen LogP contribution in [0, 0.1) is 5.92 Å². The Hall–Kier alpha value is -1.39. The third-order valence-electron chi connectivity index (χ3n) is 5.96. The molecule has 4 nitrogen and oxygen atoms in total. The minimum absolute atomic E-state index is 0.250. The molecule has 0 unspecified atom stereocenters. The van der Waals surface area contributed by atoms with E-state index >= 15 is 0 Å². The Balaban J connectivity index is 1.23. The predicted molar refractivity (Wildman–Crippen MR) is 93.9 cm³/mol. The van der Waals surface area contributed by atoms with Crippen LogP contribution in [0.3, 0.4) is 0 Å². The number of nitrogens with one attached hydrogen (secondary N) is 1. The summed E-state index contributed by atoms with van der Waals surface area (Å²) in [5, 5.41) is 3.09. The van der Waals surface area contributed by atoms with Gasteiger partial charge in [-0.1, -0.05) is 30.7 Å². The van der Waals surface area contributed by atoms with Gasteiger partial charge in [0.2, 0.25) is 5.91 Å². The van der Waals surface area contributed by atoms with E-state index in [0.717, 1.165) is 45.5 Å². The number of hydrogen-bond donors (Lipinski definition) is 1. The highest BCUT2D eigenvalue weighted by Gasteiger charge is 2.31. The van der Waals surface area contributed by atoms with E-state index in [9.17, 15) is 4.79 Å². The summed E-state index contributed by atoms with van der Waals surface area (Å²) in [6.45, 7) is 3.59. The number of carbonyl (C=O) groups is 1. The van der Waals surface area contributed by atoms with Crippen molar-refractivity contribution in [1.82, 2.24) is 10.2 Å². The molecular weight excluding hydrogens is 300 g/mol. The van der Waals surface area contributed by atoms with Crippen LogP contribution in [0.25, 0.3) is 0 Å². The normalized spacial score (nSPS) is 25.2. The summed E-state index contributed by atoms with van der Waals surface area (Å²) in [5.74, 6) is 0.533. The first-order chi connectivity index (χ1) is 11.8. The van der Waals surface area contributed by atoms with Crippen LogP contribution < -0.4 is 5.32 Å². The molecule has 0 aromatic heterocycles. The molecule has 4 rings (SSSR count). The largest absolute Gasteiger partial charge is 0.375 e. The van der Waals surface area contributed by atoms with E-state index in [1.165, 1.54) is 30.4 Å². The maximum atomic E-state index is 11.9. The Morgan fingerprint density at radius 3 is 2.62 bits per heavy atom. The van der Waals surface area contributed by atoms with Crippen LogP contribution in [0.5, 0.6) is 0 Å². The fraction of sp³-hybridized carbons (Fsp3) is 0.650. The monoisotopic (exact) mass is 328 g/mol. The molecule has 3 aliphatic rings. The smallest absolute Gasteiger partial charge is 0.223 e. The Kier molecular flexibility index (Phi) is 4.86. The van der Waals surface area contributed by atoms with E-state index in [1.54, 1.807) is 0 Å². The molecule has 1 atom stereocenters. The van der Waals surface area contributed by atoms with Gasteiger partial charge in [-0.05, 0) is 43.2 Å². The van der Waals surface area contributed by atoms with Crippen LogP contribution in [0.15, 0.2) is 24.3 Å². The molecule has 2 aliphatic carbocycles. The van der Waals surface area contributed by atoms with E-state index < -0.39 is 0 Å². The van der Waals surface area contributed by atoms with Gasteiger partial charge in [0.15, 0.2) is 0 Å². The van der Waals surface area contributed by atoms with Crippen LogP contribution in [-0.2, 0) is 22.4 Å². The average Bonchev–Trinajstić information content (AvgIpc) is 2.97. The highest BCUT2D eigenvalue weighted by Crippen LogP contribution is 2.27. The minimum atomic E-state index is 0.250. The molecular formula is C20H28N2O2. The lowest BCUT2D eigenvalue weighted by atomic mass is 9.85. The first-order valence-electron chi connectivity index (χ1n) is 9.50. The van der Waals surface area contributed by atoms with Crippen molar-refractivity contribution in [3.63, 3.8) is 0 Å². The summed E-state index contributed by atoms with van der Waals surface area (Å²) in [4.78, 5) is 14.5. The van der Waals surface area contributed by atoms with E-state index in [0.29, 0.717) is 6.04 Å². The molecule has 0 spiro atoms. The lowest BCUT2D eigenvalue weighted by Crippen LogP contribution is -2.49. The highest BCUT2D eigenvalue weighted by molar-refractivity contribution is 5.79. The Morgan fingerprint density at radius 2 is 1.96 bits per heavy atom. The zero-order valence-corrected chi connectivity index (χ0v) is 14.4. The zero-order valence-electron chi connectivity index (χ0n) is 14.4. The summed E-state index contributed by atoms with van der Waals surface area (Å²) in [6, 6.07) is 9.45. The van der Waals surface area contributed by atoms with Gasteiger partial charge in [-0.15, -0.1) is 0 Å². The van der Waals surface area contributed by atoms with Crippen molar-refractivity contribution in [3.05, 3.63) is 35.4 Å². The average molecular weight is 328 g/mol. The molecule has 0 bridgehead atoms. The topological polar surface area (TPSA) is 41.6 Å². The Bertz CT molecular complexity index is 560. The molecule has 1 saturated heterocycles. The van der Waals surface area contributed by atoms with Gasteiger partial charge in [-0.3, -0.25) is 9.69 Å². The van der Waals surface area contributed by atoms with Gasteiger partial charge in [0.05, 0.1) is 12.7 Å². The van der Waals surface area contributed by atoms with Gasteiger partial charge < -0.3 is 10.1 Å². The van der Waals surface area contributed by atoms with Crippen molar-refractivity contribution in [3.8, 4) is 0 Å². The first-order valence-corrected chi connectivity index (χ1v) is 9.50. The molecule has 1 aliphatic heterocycles. The molecule has 24 heavy (non-hydrogen) atoms. The maximum absolute atomic E-state index is 11.9. The fourth-order valence-corrected chi connectivity index (χ4v) is 4.21. The molecule has 4 heteroatoms. The number of nitrogens with zero attached hydrogens (tertiary/aromatic N) is 1. The van der Waals surface area contributed by atoms with Crippen LogP contribution in [0.1, 0.15) is 36.8 Å². The van der Waals surface area contributed by atoms with Crippen molar-refractivity contribution in [2.24, 2.45) is 5.92 Å². The number of morpholine rings is 1.